The van der Waals surface area contributed by atoms with E-state index in [1.807, 2.05) is 40.8 Å². The third kappa shape index (κ3) is 5.47. The summed E-state index contributed by atoms with van der Waals surface area (Å²) < 4.78 is 17.0. The molecule has 0 amide bonds. The van der Waals surface area contributed by atoms with E-state index < -0.39 is 4.92 Å². The number of nitrogens with zero attached hydrogens (tertiary/aromatic N) is 3. The first kappa shape index (κ1) is 21.6. The monoisotopic (exact) mass is 522 g/mol. The molecule has 3 rings (SSSR count). The fourth-order valence-electron chi connectivity index (χ4n) is 2.61. The van der Waals surface area contributed by atoms with Crippen LogP contribution in [0.2, 0.25) is 0 Å². The zero-order valence-corrected chi connectivity index (χ0v) is 18.5. The second kappa shape index (κ2) is 10.1. The van der Waals surface area contributed by atoms with Crippen LogP contribution in [0.5, 0.6) is 17.4 Å². The Morgan fingerprint density at radius 2 is 1.83 bits per heavy atom. The Kier molecular flexibility index (Phi) is 7.22. The normalized spacial score (nSPS) is 10.4. The quantitative estimate of drug-likeness (QED) is 0.253. The van der Waals surface area contributed by atoms with Crippen LogP contribution in [0.1, 0.15) is 11.1 Å². The fourth-order valence-corrected chi connectivity index (χ4v) is 3.04. The molecule has 1 aromatic carbocycles. The second-order valence-electron chi connectivity index (χ2n) is 6.11. The second-order valence-corrected chi connectivity index (χ2v) is 7.36. The Hall–Kier alpha value is -3.15. The van der Waals surface area contributed by atoms with Gasteiger partial charge in [0.1, 0.15) is 6.61 Å². The number of hydrogen-bond acceptors (Lipinski definition) is 8. The molecule has 0 saturated heterocycles. The highest BCUT2D eigenvalue weighted by atomic mass is 127. The molecule has 2 aromatic heterocycles. The van der Waals surface area contributed by atoms with Gasteiger partial charge in [-0.2, -0.15) is 0 Å². The summed E-state index contributed by atoms with van der Waals surface area (Å²) in [5, 5.41) is 14.2. The zero-order valence-electron chi connectivity index (χ0n) is 16.3. The summed E-state index contributed by atoms with van der Waals surface area (Å²) in [7, 11) is 3.12. The van der Waals surface area contributed by atoms with Crippen LogP contribution in [0, 0.1) is 13.7 Å². The summed E-state index contributed by atoms with van der Waals surface area (Å²) >= 11 is 1.99. The number of hydrogen-bond donors (Lipinski definition) is 1. The van der Waals surface area contributed by atoms with Gasteiger partial charge in [0, 0.05) is 40.2 Å². The van der Waals surface area contributed by atoms with E-state index in [1.165, 1.54) is 6.07 Å². The molecular formula is C20H19IN4O5. The Labute approximate surface area is 186 Å². The van der Waals surface area contributed by atoms with E-state index in [4.69, 9.17) is 14.2 Å². The molecule has 0 spiro atoms. The molecule has 10 heteroatoms. The third-order valence-electron chi connectivity index (χ3n) is 4.12. The van der Waals surface area contributed by atoms with Crippen LogP contribution in [0.15, 0.2) is 48.8 Å². The van der Waals surface area contributed by atoms with E-state index in [0.29, 0.717) is 34.1 Å². The van der Waals surface area contributed by atoms with Gasteiger partial charge in [0.2, 0.25) is 11.7 Å². The van der Waals surface area contributed by atoms with Crippen molar-refractivity contribution in [3.05, 3.63) is 73.6 Å². The Morgan fingerprint density at radius 1 is 1.03 bits per heavy atom. The van der Waals surface area contributed by atoms with E-state index in [-0.39, 0.29) is 11.5 Å². The van der Waals surface area contributed by atoms with Gasteiger partial charge in [0.05, 0.1) is 19.1 Å². The summed E-state index contributed by atoms with van der Waals surface area (Å²) in [5.74, 6) is 1.89. The lowest BCUT2D eigenvalue weighted by Crippen LogP contribution is -2.05. The molecule has 0 unspecified atom stereocenters. The van der Waals surface area contributed by atoms with Gasteiger partial charge in [-0.25, -0.2) is 9.97 Å². The molecule has 0 bridgehead atoms. The number of benzene rings is 1. The predicted molar refractivity (Wildman–Crippen MR) is 119 cm³/mol. The molecule has 2 heterocycles. The first-order chi connectivity index (χ1) is 14.5. The summed E-state index contributed by atoms with van der Waals surface area (Å²) in [6, 6.07) is 10.6. The number of rotatable bonds is 9. The van der Waals surface area contributed by atoms with E-state index in [0.717, 1.165) is 11.1 Å². The first-order valence-corrected chi connectivity index (χ1v) is 9.90. The van der Waals surface area contributed by atoms with Crippen molar-refractivity contribution in [1.29, 1.82) is 0 Å². The van der Waals surface area contributed by atoms with Gasteiger partial charge in [-0.15, -0.1) is 0 Å². The Bertz CT molecular complexity index is 1030. The van der Waals surface area contributed by atoms with Crippen molar-refractivity contribution in [2.24, 2.45) is 0 Å². The van der Waals surface area contributed by atoms with Crippen LogP contribution in [-0.2, 0) is 13.2 Å². The third-order valence-corrected chi connectivity index (χ3v) is 4.71. The van der Waals surface area contributed by atoms with Crippen molar-refractivity contribution in [2.75, 3.05) is 19.5 Å². The van der Waals surface area contributed by atoms with Gasteiger partial charge in [-0.3, -0.25) is 10.1 Å². The minimum atomic E-state index is -0.455. The van der Waals surface area contributed by atoms with E-state index in [2.05, 4.69) is 15.3 Å². The zero-order chi connectivity index (χ0) is 21.5. The molecule has 0 aliphatic rings. The maximum atomic E-state index is 11.2. The molecule has 0 aliphatic carbocycles. The lowest BCUT2D eigenvalue weighted by molar-refractivity contribution is -0.384. The smallest absolute Gasteiger partial charge is 0.312 e. The Morgan fingerprint density at radius 3 is 2.50 bits per heavy atom. The largest absolute Gasteiger partial charge is 0.493 e. The molecule has 156 valence electrons. The molecule has 1 N–H and O–H groups in total. The van der Waals surface area contributed by atoms with E-state index in [9.17, 15) is 10.1 Å². The summed E-state index contributed by atoms with van der Waals surface area (Å²) in [4.78, 5) is 19.0. The van der Waals surface area contributed by atoms with Crippen LogP contribution in [0.4, 0.5) is 11.5 Å². The van der Waals surface area contributed by atoms with Crippen LogP contribution in [-0.4, -0.2) is 29.1 Å². The maximum absolute atomic E-state index is 11.2. The van der Waals surface area contributed by atoms with Gasteiger partial charge in [-0.1, -0.05) is 6.07 Å². The fraction of sp³-hybridized carbons (Fsp3) is 0.200. The minimum Gasteiger partial charge on any atom is -0.493 e. The maximum Gasteiger partial charge on any atom is 0.312 e. The van der Waals surface area contributed by atoms with Crippen LogP contribution >= 0.6 is 22.6 Å². The van der Waals surface area contributed by atoms with Gasteiger partial charge >= 0.3 is 5.69 Å². The highest BCUT2D eigenvalue weighted by Gasteiger charge is 2.16. The van der Waals surface area contributed by atoms with Crippen LogP contribution in [0.25, 0.3) is 0 Å². The summed E-state index contributed by atoms with van der Waals surface area (Å²) in [6.07, 6.45) is 3.26. The summed E-state index contributed by atoms with van der Waals surface area (Å²) in [6.45, 7) is 0.664. The standard InChI is InChI=1S/C20H19IN4O5/c1-28-18-7-13(9-23-20-16(25(26)27)8-15(21)11-24-20)3-5-17(18)30-12-14-4-6-19(29-2)22-10-14/h3-8,10-11H,9,12H2,1-2H3,(H,23,24). The Balaban J connectivity index is 1.67. The number of ether oxygens (including phenoxy) is 3. The van der Waals surface area contributed by atoms with Gasteiger partial charge in [0.15, 0.2) is 11.5 Å². The predicted octanol–water partition coefficient (Wildman–Crippen LogP) is 4.20. The molecule has 0 saturated carbocycles. The molecular weight excluding hydrogens is 503 g/mol. The summed E-state index contributed by atoms with van der Waals surface area (Å²) in [5.41, 5.74) is 1.68. The van der Waals surface area contributed by atoms with Crippen molar-refractivity contribution in [3.8, 4) is 17.4 Å². The average Bonchev–Trinajstić information content (AvgIpc) is 2.77. The molecule has 9 nitrogen and oxygen atoms in total. The lowest BCUT2D eigenvalue weighted by Gasteiger charge is -2.13. The minimum absolute atomic E-state index is 0.0677. The van der Waals surface area contributed by atoms with Crippen molar-refractivity contribution < 1.29 is 19.1 Å². The van der Waals surface area contributed by atoms with Crippen LogP contribution < -0.4 is 19.5 Å². The molecule has 0 atom stereocenters. The van der Waals surface area contributed by atoms with E-state index in [1.54, 1.807) is 38.7 Å². The SMILES string of the molecule is COc1ccc(COc2ccc(CNc3ncc(I)cc3[N+](=O)[O-])cc2OC)cn1. The first-order valence-electron chi connectivity index (χ1n) is 8.82. The highest BCUT2D eigenvalue weighted by molar-refractivity contribution is 14.1. The van der Waals surface area contributed by atoms with Crippen molar-refractivity contribution in [2.45, 2.75) is 13.2 Å². The van der Waals surface area contributed by atoms with Crippen molar-refractivity contribution in [1.82, 2.24) is 9.97 Å². The number of nitro groups is 1. The number of nitrogens with one attached hydrogen (secondary N) is 1. The van der Waals surface area contributed by atoms with Crippen molar-refractivity contribution >= 4 is 34.1 Å². The molecule has 0 aliphatic heterocycles. The average molecular weight is 522 g/mol. The molecule has 0 fully saturated rings. The lowest BCUT2D eigenvalue weighted by atomic mass is 10.2. The number of pyridine rings is 2. The molecule has 3 aromatic rings. The van der Waals surface area contributed by atoms with E-state index >= 15 is 0 Å². The number of halogens is 1. The molecule has 30 heavy (non-hydrogen) atoms. The van der Waals surface area contributed by atoms with Gasteiger partial charge in [-0.05, 0) is 46.4 Å². The number of anilines is 1. The molecule has 0 radical (unpaired) electrons. The highest BCUT2D eigenvalue weighted by Crippen LogP contribution is 2.30. The number of aromatic nitrogens is 2. The van der Waals surface area contributed by atoms with Gasteiger partial charge < -0.3 is 19.5 Å². The number of methoxy groups -OCH3 is 2. The van der Waals surface area contributed by atoms with Gasteiger partial charge in [0.25, 0.3) is 0 Å². The van der Waals surface area contributed by atoms with Crippen molar-refractivity contribution in [3.63, 3.8) is 0 Å². The topological polar surface area (TPSA) is 109 Å². The van der Waals surface area contributed by atoms with Crippen LogP contribution in [0.3, 0.4) is 0 Å².